The molecule has 1 aliphatic carbocycles. The summed E-state index contributed by atoms with van der Waals surface area (Å²) in [6.45, 7) is 1.29. The molecule has 0 unspecified atom stereocenters. The maximum absolute atomic E-state index is 11.3. The third-order valence-corrected chi connectivity index (χ3v) is 3.36. The summed E-state index contributed by atoms with van der Waals surface area (Å²) >= 11 is 0. The van der Waals surface area contributed by atoms with Crippen molar-refractivity contribution < 1.29 is 9.53 Å². The average Bonchev–Trinajstić information content (AvgIpc) is 3.13. The number of hydrogen-bond acceptors (Lipinski definition) is 4. The van der Waals surface area contributed by atoms with Crippen LogP contribution in [-0.4, -0.2) is 27.9 Å². The van der Waals surface area contributed by atoms with Crippen LogP contribution < -0.4 is 5.73 Å². The van der Waals surface area contributed by atoms with Crippen LogP contribution in [0.3, 0.4) is 0 Å². The molecule has 0 aliphatic heterocycles. The van der Waals surface area contributed by atoms with Gasteiger partial charge in [-0.1, -0.05) is 24.3 Å². The summed E-state index contributed by atoms with van der Waals surface area (Å²) in [4.78, 5) is 11.3. The number of nitrogens with one attached hydrogen (secondary N) is 1. The van der Waals surface area contributed by atoms with Crippen molar-refractivity contribution >= 4 is 5.91 Å². The lowest BCUT2D eigenvalue weighted by molar-refractivity contribution is 0.0996. The largest absolute Gasteiger partial charge is 0.376 e. The second-order valence-corrected chi connectivity index (χ2v) is 5.00. The highest BCUT2D eigenvalue weighted by Gasteiger charge is 2.22. The van der Waals surface area contributed by atoms with Crippen LogP contribution >= 0.6 is 0 Å². The van der Waals surface area contributed by atoms with Gasteiger partial charge < -0.3 is 10.5 Å². The van der Waals surface area contributed by atoms with E-state index in [9.17, 15) is 4.79 Å². The first-order chi connectivity index (χ1) is 9.75. The Balaban J connectivity index is 1.84. The predicted octanol–water partition coefficient (Wildman–Crippen LogP) is 1.50. The number of hydrogen-bond donors (Lipinski definition) is 2. The van der Waals surface area contributed by atoms with E-state index in [1.54, 1.807) is 0 Å². The quantitative estimate of drug-likeness (QED) is 0.833. The highest BCUT2D eigenvalue weighted by molar-refractivity contribution is 5.96. The first-order valence-corrected chi connectivity index (χ1v) is 6.62. The van der Waals surface area contributed by atoms with Gasteiger partial charge in [0.15, 0.2) is 5.69 Å². The van der Waals surface area contributed by atoms with E-state index in [0.29, 0.717) is 12.3 Å². The molecular weight excluding hydrogens is 256 g/mol. The molecule has 1 aliphatic rings. The number of carbonyl (C=O) groups excluding carboxylic acids is 1. The Kier molecular flexibility index (Phi) is 3.47. The third kappa shape index (κ3) is 2.70. The van der Waals surface area contributed by atoms with Crippen molar-refractivity contribution in [1.29, 1.82) is 0 Å². The number of primary amides is 1. The highest BCUT2D eigenvalue weighted by atomic mass is 16.5. The number of carbonyl (C=O) groups is 1. The zero-order chi connectivity index (χ0) is 13.9. The van der Waals surface area contributed by atoms with Crippen LogP contribution in [0.1, 0.15) is 28.9 Å². The Hall–Kier alpha value is -2.21. The van der Waals surface area contributed by atoms with Gasteiger partial charge in [-0.05, 0) is 24.3 Å². The Morgan fingerprint density at radius 3 is 2.90 bits per heavy atom. The minimum absolute atomic E-state index is 0.152. The molecule has 6 heteroatoms. The molecule has 3 rings (SSSR count). The molecule has 20 heavy (non-hydrogen) atoms. The number of nitrogens with zero attached hydrogens (tertiary/aromatic N) is 2. The Morgan fingerprint density at radius 1 is 1.35 bits per heavy atom. The van der Waals surface area contributed by atoms with Gasteiger partial charge in [0, 0.05) is 12.2 Å². The van der Waals surface area contributed by atoms with Crippen LogP contribution in [0, 0.1) is 5.92 Å². The van der Waals surface area contributed by atoms with E-state index in [-0.39, 0.29) is 5.69 Å². The minimum atomic E-state index is -0.595. The Bertz CT molecular complexity index is 619. The summed E-state index contributed by atoms with van der Waals surface area (Å²) in [6, 6.07) is 7.67. The fraction of sp³-hybridized carbons (Fsp3) is 0.357. The second-order valence-electron chi connectivity index (χ2n) is 5.00. The number of rotatable bonds is 6. The van der Waals surface area contributed by atoms with Crippen LogP contribution in [0.2, 0.25) is 0 Å². The first-order valence-electron chi connectivity index (χ1n) is 6.62. The van der Waals surface area contributed by atoms with Crippen molar-refractivity contribution in [2.24, 2.45) is 11.7 Å². The van der Waals surface area contributed by atoms with E-state index >= 15 is 0 Å². The molecule has 0 saturated heterocycles. The van der Waals surface area contributed by atoms with Gasteiger partial charge >= 0.3 is 0 Å². The summed E-state index contributed by atoms with van der Waals surface area (Å²) in [6.07, 6.45) is 2.52. The fourth-order valence-corrected chi connectivity index (χ4v) is 2.09. The van der Waals surface area contributed by atoms with E-state index < -0.39 is 5.91 Å². The second kappa shape index (κ2) is 5.42. The lowest BCUT2D eigenvalue weighted by Gasteiger charge is -2.08. The first kappa shape index (κ1) is 12.8. The number of ether oxygens (including phenoxy) is 1. The SMILES string of the molecule is NC(=O)c1n[nH]nc1-c1ccccc1COCC1CC1. The van der Waals surface area contributed by atoms with E-state index in [1.165, 1.54) is 12.8 Å². The van der Waals surface area contributed by atoms with Gasteiger partial charge in [0.05, 0.1) is 6.61 Å². The van der Waals surface area contributed by atoms with Crippen LogP contribution in [0.25, 0.3) is 11.3 Å². The molecule has 1 aromatic carbocycles. The molecule has 1 heterocycles. The normalized spacial score (nSPS) is 14.4. The number of amides is 1. The monoisotopic (exact) mass is 272 g/mol. The number of benzene rings is 1. The fourth-order valence-electron chi connectivity index (χ4n) is 2.09. The van der Waals surface area contributed by atoms with Crippen molar-refractivity contribution in [2.75, 3.05) is 6.61 Å². The van der Waals surface area contributed by atoms with Gasteiger partial charge in [0.25, 0.3) is 5.91 Å². The standard InChI is InChI=1S/C14H16N4O2/c15-14(19)13-12(16-18-17-13)11-4-2-1-3-10(11)8-20-7-9-5-6-9/h1-4,9H,5-8H2,(H2,15,19)(H,16,17,18). The van der Waals surface area contributed by atoms with Crippen molar-refractivity contribution in [1.82, 2.24) is 15.4 Å². The van der Waals surface area contributed by atoms with Gasteiger partial charge in [0.2, 0.25) is 0 Å². The van der Waals surface area contributed by atoms with Gasteiger partial charge in [0.1, 0.15) is 5.69 Å². The number of nitrogens with two attached hydrogens (primary N) is 1. The molecule has 3 N–H and O–H groups in total. The zero-order valence-electron chi connectivity index (χ0n) is 11.0. The summed E-state index contributed by atoms with van der Waals surface area (Å²) in [5.74, 6) is 0.123. The van der Waals surface area contributed by atoms with Crippen molar-refractivity contribution in [3.63, 3.8) is 0 Å². The molecule has 0 spiro atoms. The van der Waals surface area contributed by atoms with Crippen LogP contribution in [0.5, 0.6) is 0 Å². The van der Waals surface area contributed by atoms with Crippen LogP contribution in [-0.2, 0) is 11.3 Å². The number of H-pyrrole nitrogens is 1. The molecule has 0 radical (unpaired) electrons. The number of aromatic amines is 1. The molecule has 0 bridgehead atoms. The maximum Gasteiger partial charge on any atom is 0.271 e. The lowest BCUT2D eigenvalue weighted by Crippen LogP contribution is -2.13. The van der Waals surface area contributed by atoms with Crippen LogP contribution in [0.15, 0.2) is 24.3 Å². The summed E-state index contributed by atoms with van der Waals surface area (Å²) in [7, 11) is 0. The summed E-state index contributed by atoms with van der Waals surface area (Å²) in [5.41, 5.74) is 7.73. The maximum atomic E-state index is 11.3. The molecule has 1 aromatic heterocycles. The van der Waals surface area contributed by atoms with Gasteiger partial charge in [-0.2, -0.15) is 15.4 Å². The van der Waals surface area contributed by atoms with E-state index in [4.69, 9.17) is 10.5 Å². The van der Waals surface area contributed by atoms with Crippen molar-refractivity contribution in [2.45, 2.75) is 19.4 Å². The molecule has 6 nitrogen and oxygen atoms in total. The van der Waals surface area contributed by atoms with Crippen LogP contribution in [0.4, 0.5) is 0 Å². The lowest BCUT2D eigenvalue weighted by atomic mass is 10.0. The molecule has 1 amide bonds. The molecule has 0 atom stereocenters. The highest BCUT2D eigenvalue weighted by Crippen LogP contribution is 2.30. The molecule has 1 fully saturated rings. The van der Waals surface area contributed by atoms with E-state index in [0.717, 1.165) is 23.7 Å². The van der Waals surface area contributed by atoms with E-state index in [1.807, 2.05) is 24.3 Å². The average molecular weight is 272 g/mol. The van der Waals surface area contributed by atoms with E-state index in [2.05, 4.69) is 15.4 Å². The topological polar surface area (TPSA) is 93.9 Å². The summed E-state index contributed by atoms with van der Waals surface area (Å²) < 4.78 is 5.71. The minimum Gasteiger partial charge on any atom is -0.376 e. The van der Waals surface area contributed by atoms with Crippen molar-refractivity contribution in [3.8, 4) is 11.3 Å². The van der Waals surface area contributed by atoms with Gasteiger partial charge in [-0.15, -0.1) is 0 Å². The van der Waals surface area contributed by atoms with Gasteiger partial charge in [-0.25, -0.2) is 0 Å². The smallest absolute Gasteiger partial charge is 0.271 e. The molecule has 1 saturated carbocycles. The molecular formula is C14H16N4O2. The third-order valence-electron chi connectivity index (χ3n) is 3.36. The summed E-state index contributed by atoms with van der Waals surface area (Å²) in [5, 5.41) is 10.3. The zero-order valence-corrected chi connectivity index (χ0v) is 11.0. The van der Waals surface area contributed by atoms with Crippen molar-refractivity contribution in [3.05, 3.63) is 35.5 Å². The number of aromatic nitrogens is 3. The van der Waals surface area contributed by atoms with Gasteiger partial charge in [-0.3, -0.25) is 4.79 Å². The molecule has 2 aromatic rings. The molecule has 104 valence electrons. The Labute approximate surface area is 116 Å². The Morgan fingerprint density at radius 2 is 2.15 bits per heavy atom. The predicted molar refractivity (Wildman–Crippen MR) is 72.7 cm³/mol.